The minimum Gasteiger partial charge on any atom is -0.483 e. The van der Waals surface area contributed by atoms with Crippen LogP contribution in [0.1, 0.15) is 91.3 Å². The Balaban J connectivity index is 0.689. The Morgan fingerprint density at radius 3 is 2.53 bits per heavy atom. The number of nitrogens with one attached hydrogen (secondary N) is 4. The number of hydrogen-bond donors (Lipinski definition) is 4. The van der Waals surface area contributed by atoms with E-state index < -0.39 is 29.7 Å². The number of hydrogen-bond acceptors (Lipinski definition) is 11. The first-order valence-corrected chi connectivity index (χ1v) is 22.1. The first-order chi connectivity index (χ1) is 30.1. The third kappa shape index (κ3) is 9.60. The average molecular weight is 866 g/mol. The SMILES string of the molecule is O=C(COc1cccc2c1C(=O)N(C1CCC(=O)NC1=O)C2=O)NCCCCCCCN1CCC(C(=O)N2CCCC(Nc3ncc(Cl)c(-c4c[nH]c5ccccc45)n3)C2)CC1. The number of fused-ring (bicyclic) bond motifs is 2. The number of carbonyl (C=O) groups excluding carboxylic acids is 6. The molecule has 2 atom stereocenters. The number of nitrogens with zero attached hydrogens (tertiary/aromatic N) is 5. The zero-order valence-corrected chi connectivity index (χ0v) is 35.4. The number of piperidine rings is 3. The van der Waals surface area contributed by atoms with Crippen molar-refractivity contribution in [3.05, 3.63) is 71.0 Å². The second-order valence-corrected chi connectivity index (χ2v) is 17.0. The number of anilines is 1. The van der Waals surface area contributed by atoms with E-state index in [2.05, 4.69) is 30.8 Å². The van der Waals surface area contributed by atoms with Crippen molar-refractivity contribution in [1.82, 2.24) is 40.3 Å². The van der Waals surface area contributed by atoms with E-state index in [0.717, 1.165) is 105 Å². The molecule has 6 heterocycles. The Morgan fingerprint density at radius 1 is 0.887 bits per heavy atom. The summed E-state index contributed by atoms with van der Waals surface area (Å²) in [6, 6.07) is 11.6. The number of aromatic amines is 1. The van der Waals surface area contributed by atoms with Crippen LogP contribution in [0.3, 0.4) is 0 Å². The Labute approximate surface area is 364 Å². The number of likely N-dealkylation sites (tertiary alicyclic amines) is 2. The van der Waals surface area contributed by atoms with Gasteiger partial charge in [0.05, 0.1) is 28.0 Å². The van der Waals surface area contributed by atoms with Gasteiger partial charge in [0.1, 0.15) is 11.8 Å². The summed E-state index contributed by atoms with van der Waals surface area (Å²) in [5.74, 6) is -1.91. The maximum atomic E-state index is 13.7. The number of carbonyl (C=O) groups is 6. The Morgan fingerprint density at radius 2 is 1.69 bits per heavy atom. The lowest BCUT2D eigenvalue weighted by Gasteiger charge is -2.38. The number of ether oxygens (including phenoxy) is 1. The minimum atomic E-state index is -1.08. The maximum Gasteiger partial charge on any atom is 0.266 e. The zero-order valence-electron chi connectivity index (χ0n) is 34.6. The van der Waals surface area contributed by atoms with Gasteiger partial charge in [-0.2, -0.15) is 0 Å². The smallest absolute Gasteiger partial charge is 0.266 e. The quantitative estimate of drug-likeness (QED) is 0.0879. The summed E-state index contributed by atoms with van der Waals surface area (Å²) in [5, 5.41) is 10.0. The average Bonchev–Trinajstić information content (AvgIpc) is 3.82. The lowest BCUT2D eigenvalue weighted by molar-refractivity contribution is -0.138. The zero-order chi connectivity index (χ0) is 43.2. The highest BCUT2D eigenvalue weighted by molar-refractivity contribution is 6.33. The van der Waals surface area contributed by atoms with Gasteiger partial charge in [-0.1, -0.05) is 55.1 Å². The van der Waals surface area contributed by atoms with Gasteiger partial charge in [0.15, 0.2) is 6.61 Å². The first kappa shape index (κ1) is 42.8. The van der Waals surface area contributed by atoms with Gasteiger partial charge >= 0.3 is 0 Å². The van der Waals surface area contributed by atoms with Gasteiger partial charge in [0.25, 0.3) is 17.7 Å². The molecule has 2 unspecified atom stereocenters. The molecule has 0 aliphatic carbocycles. The summed E-state index contributed by atoms with van der Waals surface area (Å²) in [7, 11) is 0. The molecule has 62 heavy (non-hydrogen) atoms. The highest BCUT2D eigenvalue weighted by Crippen LogP contribution is 2.35. The summed E-state index contributed by atoms with van der Waals surface area (Å²) in [6.45, 7) is 4.41. The van der Waals surface area contributed by atoms with Crippen LogP contribution in [0, 0.1) is 5.92 Å². The van der Waals surface area contributed by atoms with Crippen molar-refractivity contribution in [2.24, 2.45) is 5.92 Å². The molecule has 0 bridgehead atoms. The standard InChI is InChI=1S/C45H52ClN9O7/c46-33-25-49-45(52-40(33)32-24-48-34-13-5-4-11-30(32)34)50-29-10-9-21-54(26-29)42(59)28-17-22-53(23-18-28)20-7-3-1-2-6-19-47-38(57)27-62-36-14-8-12-31-39(36)44(61)55(43(31)60)35-15-16-37(56)51-41(35)58/h4-5,8,11-14,24-25,28-29,35,48H,1-3,6-7,9-10,15-23,26-27H2,(H,47,57)(H,49,50,52)(H,51,56,58). The predicted octanol–water partition coefficient (Wildman–Crippen LogP) is 4.94. The lowest BCUT2D eigenvalue weighted by atomic mass is 9.93. The number of para-hydroxylation sites is 1. The molecule has 16 nitrogen and oxygen atoms in total. The van der Waals surface area contributed by atoms with Gasteiger partial charge in [-0.15, -0.1) is 0 Å². The molecule has 8 rings (SSSR count). The van der Waals surface area contributed by atoms with E-state index in [1.165, 1.54) is 12.1 Å². The molecule has 4 aliphatic rings. The first-order valence-electron chi connectivity index (χ1n) is 21.8. The number of amides is 6. The van der Waals surface area contributed by atoms with E-state index in [-0.39, 0.29) is 60.1 Å². The van der Waals surface area contributed by atoms with E-state index in [1.54, 1.807) is 12.3 Å². The van der Waals surface area contributed by atoms with Crippen molar-refractivity contribution < 1.29 is 33.5 Å². The van der Waals surface area contributed by atoms with E-state index in [9.17, 15) is 28.8 Å². The van der Waals surface area contributed by atoms with Gasteiger partial charge < -0.3 is 30.2 Å². The number of rotatable bonds is 16. The van der Waals surface area contributed by atoms with E-state index in [1.807, 2.05) is 35.4 Å². The fourth-order valence-electron chi connectivity index (χ4n) is 9.05. The molecule has 6 amide bonds. The van der Waals surface area contributed by atoms with Crippen molar-refractivity contribution in [3.8, 4) is 17.0 Å². The number of unbranched alkanes of at least 4 members (excludes halogenated alkanes) is 4. The normalized spacial score (nSPS) is 19.8. The van der Waals surface area contributed by atoms with Crippen LogP contribution in [0.2, 0.25) is 5.02 Å². The van der Waals surface area contributed by atoms with Crippen LogP contribution < -0.4 is 20.7 Å². The summed E-state index contributed by atoms with van der Waals surface area (Å²) in [6.07, 6.45) is 12.2. The molecule has 4 aromatic rings. The van der Waals surface area contributed by atoms with Gasteiger partial charge in [-0.3, -0.25) is 39.0 Å². The van der Waals surface area contributed by atoms with E-state index >= 15 is 0 Å². The Kier molecular flexibility index (Phi) is 13.4. The summed E-state index contributed by atoms with van der Waals surface area (Å²) < 4.78 is 5.67. The summed E-state index contributed by atoms with van der Waals surface area (Å²) in [4.78, 5) is 94.4. The molecule has 3 fully saturated rings. The molecular formula is C45H52ClN9O7. The molecule has 0 radical (unpaired) electrons. The highest BCUT2D eigenvalue weighted by Gasteiger charge is 2.46. The Bertz CT molecular complexity index is 2340. The van der Waals surface area contributed by atoms with Crippen LogP contribution >= 0.6 is 11.6 Å². The maximum absolute atomic E-state index is 13.7. The molecule has 326 valence electrons. The number of benzene rings is 2. The number of halogens is 1. The Hall–Kier alpha value is -5.87. The molecule has 17 heteroatoms. The van der Waals surface area contributed by atoms with Crippen molar-refractivity contribution in [2.45, 2.75) is 82.7 Å². The third-order valence-corrected chi connectivity index (χ3v) is 12.6. The predicted molar refractivity (Wildman–Crippen MR) is 231 cm³/mol. The highest BCUT2D eigenvalue weighted by atomic mass is 35.5. The van der Waals surface area contributed by atoms with Gasteiger partial charge in [0.2, 0.25) is 23.7 Å². The van der Waals surface area contributed by atoms with Crippen LogP contribution in [0.15, 0.2) is 54.9 Å². The molecule has 3 saturated heterocycles. The molecule has 0 saturated carbocycles. The van der Waals surface area contributed by atoms with Crippen LogP contribution in [0.25, 0.3) is 22.2 Å². The van der Waals surface area contributed by atoms with E-state index in [0.29, 0.717) is 29.8 Å². The fourth-order valence-corrected chi connectivity index (χ4v) is 9.24. The van der Waals surface area contributed by atoms with Crippen LogP contribution in [0.5, 0.6) is 5.75 Å². The van der Waals surface area contributed by atoms with E-state index in [4.69, 9.17) is 21.3 Å². The molecule has 0 spiro atoms. The van der Waals surface area contributed by atoms with Crippen LogP contribution in [-0.2, 0) is 19.2 Å². The summed E-state index contributed by atoms with van der Waals surface area (Å²) >= 11 is 6.56. The number of imide groups is 2. The minimum absolute atomic E-state index is 0.0105. The second-order valence-electron chi connectivity index (χ2n) is 16.6. The van der Waals surface area contributed by atoms with Crippen LogP contribution in [-0.4, -0.2) is 123 Å². The number of H-pyrrole nitrogens is 1. The lowest BCUT2D eigenvalue weighted by Crippen LogP contribution is -2.54. The molecule has 4 aliphatic heterocycles. The molecule has 2 aromatic heterocycles. The topological polar surface area (TPSA) is 199 Å². The fraction of sp³-hybridized carbons (Fsp3) is 0.467. The van der Waals surface area contributed by atoms with Crippen LogP contribution in [0.4, 0.5) is 5.95 Å². The largest absolute Gasteiger partial charge is 0.483 e. The monoisotopic (exact) mass is 865 g/mol. The summed E-state index contributed by atoms with van der Waals surface area (Å²) in [5.41, 5.74) is 2.71. The van der Waals surface area contributed by atoms with Crippen molar-refractivity contribution in [1.29, 1.82) is 0 Å². The van der Waals surface area contributed by atoms with Gasteiger partial charge in [-0.25, -0.2) is 9.97 Å². The van der Waals surface area contributed by atoms with Crippen molar-refractivity contribution in [2.75, 3.05) is 51.2 Å². The van der Waals surface area contributed by atoms with Gasteiger partial charge in [-0.05, 0) is 82.8 Å². The molecular weight excluding hydrogens is 814 g/mol. The van der Waals surface area contributed by atoms with Crippen molar-refractivity contribution in [3.63, 3.8) is 0 Å². The van der Waals surface area contributed by atoms with Gasteiger partial charge in [0, 0.05) is 60.7 Å². The molecule has 4 N–H and O–H groups in total. The second kappa shape index (κ2) is 19.5. The van der Waals surface area contributed by atoms with Crippen molar-refractivity contribution >= 4 is 63.9 Å². The third-order valence-electron chi connectivity index (χ3n) is 12.4. The number of aromatic nitrogens is 3. The molecule has 2 aromatic carbocycles.